The average molecular weight is 236 g/mol. The van der Waals surface area contributed by atoms with Crippen molar-refractivity contribution in [2.75, 3.05) is 6.61 Å². The standard InChI is InChI=1S/C14H20O3/c1-10(2)11-7-5-6-8-12(11)17-9-14(3,4)13(15)16/h5-8,10H,9H2,1-4H3,(H,15,16). The number of benzene rings is 1. The topological polar surface area (TPSA) is 46.5 Å². The Morgan fingerprint density at radius 2 is 1.94 bits per heavy atom. The summed E-state index contributed by atoms with van der Waals surface area (Å²) in [4.78, 5) is 11.0. The molecule has 0 spiro atoms. The number of carboxylic acid groups (broad SMARTS) is 1. The highest BCUT2D eigenvalue weighted by Gasteiger charge is 2.28. The number of hydrogen-bond acceptors (Lipinski definition) is 2. The largest absolute Gasteiger partial charge is 0.492 e. The monoisotopic (exact) mass is 236 g/mol. The van der Waals surface area contributed by atoms with E-state index in [1.54, 1.807) is 13.8 Å². The van der Waals surface area contributed by atoms with E-state index in [2.05, 4.69) is 13.8 Å². The van der Waals surface area contributed by atoms with Gasteiger partial charge in [0.1, 0.15) is 12.4 Å². The summed E-state index contributed by atoms with van der Waals surface area (Å²) in [6.07, 6.45) is 0. The summed E-state index contributed by atoms with van der Waals surface area (Å²) < 4.78 is 5.64. The predicted molar refractivity (Wildman–Crippen MR) is 67.4 cm³/mol. The Morgan fingerprint density at radius 1 is 1.35 bits per heavy atom. The highest BCUT2D eigenvalue weighted by Crippen LogP contribution is 2.27. The summed E-state index contributed by atoms with van der Waals surface area (Å²) in [5, 5.41) is 9.02. The smallest absolute Gasteiger partial charge is 0.312 e. The molecule has 1 N–H and O–H groups in total. The van der Waals surface area contributed by atoms with Crippen molar-refractivity contribution in [2.45, 2.75) is 33.6 Å². The van der Waals surface area contributed by atoms with Gasteiger partial charge in [-0.05, 0) is 31.4 Å². The molecule has 0 aliphatic heterocycles. The maximum atomic E-state index is 11.0. The van der Waals surface area contributed by atoms with Gasteiger partial charge in [-0.1, -0.05) is 32.0 Å². The first-order chi connectivity index (χ1) is 7.84. The number of carbonyl (C=O) groups is 1. The number of ether oxygens (including phenoxy) is 1. The molecule has 0 aliphatic rings. The van der Waals surface area contributed by atoms with Crippen molar-refractivity contribution in [1.29, 1.82) is 0 Å². The van der Waals surface area contributed by atoms with Crippen molar-refractivity contribution in [1.82, 2.24) is 0 Å². The Bertz CT molecular complexity index is 394. The van der Waals surface area contributed by atoms with Crippen LogP contribution >= 0.6 is 0 Å². The molecule has 1 aromatic rings. The lowest BCUT2D eigenvalue weighted by Gasteiger charge is -2.21. The zero-order valence-electron chi connectivity index (χ0n) is 10.9. The Labute approximate surface area is 102 Å². The Hall–Kier alpha value is -1.51. The van der Waals surface area contributed by atoms with Crippen LogP contribution in [0.4, 0.5) is 0 Å². The molecule has 0 bridgehead atoms. The van der Waals surface area contributed by atoms with E-state index in [0.717, 1.165) is 11.3 Å². The summed E-state index contributed by atoms with van der Waals surface area (Å²) in [6.45, 7) is 7.67. The first-order valence-electron chi connectivity index (χ1n) is 5.79. The fraction of sp³-hybridized carbons (Fsp3) is 0.500. The molecule has 3 nitrogen and oxygen atoms in total. The normalized spacial score (nSPS) is 11.6. The molecule has 94 valence electrons. The highest BCUT2D eigenvalue weighted by molar-refractivity contribution is 5.73. The molecular weight excluding hydrogens is 216 g/mol. The predicted octanol–water partition coefficient (Wildman–Crippen LogP) is 3.30. The Morgan fingerprint density at radius 3 is 2.47 bits per heavy atom. The van der Waals surface area contributed by atoms with Gasteiger partial charge in [0, 0.05) is 0 Å². The number of hydrogen-bond donors (Lipinski definition) is 1. The van der Waals surface area contributed by atoms with E-state index in [0.29, 0.717) is 5.92 Å². The molecule has 0 heterocycles. The first kappa shape index (κ1) is 13.6. The van der Waals surface area contributed by atoms with E-state index in [1.807, 2.05) is 24.3 Å². The van der Waals surface area contributed by atoms with Gasteiger partial charge in [-0.3, -0.25) is 4.79 Å². The molecule has 3 heteroatoms. The minimum Gasteiger partial charge on any atom is -0.492 e. The zero-order chi connectivity index (χ0) is 13.1. The number of rotatable bonds is 5. The highest BCUT2D eigenvalue weighted by atomic mass is 16.5. The molecule has 0 radical (unpaired) electrons. The molecule has 0 aliphatic carbocycles. The molecule has 0 atom stereocenters. The Kier molecular flexibility index (Phi) is 4.16. The van der Waals surface area contributed by atoms with Gasteiger partial charge in [0.2, 0.25) is 0 Å². The van der Waals surface area contributed by atoms with Crippen LogP contribution < -0.4 is 4.74 Å². The third kappa shape index (κ3) is 3.48. The van der Waals surface area contributed by atoms with Crippen LogP contribution in [0.25, 0.3) is 0 Å². The summed E-state index contributed by atoms with van der Waals surface area (Å²) >= 11 is 0. The van der Waals surface area contributed by atoms with Crippen LogP contribution in [0.5, 0.6) is 5.75 Å². The lowest BCUT2D eigenvalue weighted by atomic mass is 9.95. The SMILES string of the molecule is CC(C)c1ccccc1OCC(C)(C)C(=O)O. The van der Waals surface area contributed by atoms with Crippen LogP contribution in [-0.2, 0) is 4.79 Å². The van der Waals surface area contributed by atoms with Gasteiger partial charge in [-0.15, -0.1) is 0 Å². The fourth-order valence-electron chi connectivity index (χ4n) is 1.41. The van der Waals surface area contributed by atoms with E-state index in [4.69, 9.17) is 9.84 Å². The fourth-order valence-corrected chi connectivity index (χ4v) is 1.41. The van der Waals surface area contributed by atoms with E-state index in [9.17, 15) is 4.79 Å². The molecule has 1 rings (SSSR count). The second kappa shape index (κ2) is 5.21. The number of aliphatic carboxylic acids is 1. The number of carboxylic acids is 1. The van der Waals surface area contributed by atoms with Crippen molar-refractivity contribution in [3.8, 4) is 5.75 Å². The second-order valence-electron chi connectivity index (χ2n) is 5.17. The molecule has 0 amide bonds. The van der Waals surface area contributed by atoms with Crippen LogP contribution in [-0.4, -0.2) is 17.7 Å². The van der Waals surface area contributed by atoms with Gasteiger partial charge in [0.15, 0.2) is 0 Å². The van der Waals surface area contributed by atoms with Crippen LogP contribution in [0.3, 0.4) is 0 Å². The van der Waals surface area contributed by atoms with Crippen molar-refractivity contribution >= 4 is 5.97 Å². The van der Waals surface area contributed by atoms with Crippen LogP contribution in [0, 0.1) is 5.41 Å². The van der Waals surface area contributed by atoms with Gasteiger partial charge in [0.05, 0.1) is 5.41 Å². The maximum Gasteiger partial charge on any atom is 0.312 e. The minimum absolute atomic E-state index is 0.173. The van der Waals surface area contributed by atoms with Crippen LogP contribution in [0.1, 0.15) is 39.2 Å². The van der Waals surface area contributed by atoms with E-state index in [-0.39, 0.29) is 6.61 Å². The van der Waals surface area contributed by atoms with Gasteiger partial charge >= 0.3 is 5.97 Å². The van der Waals surface area contributed by atoms with E-state index in [1.165, 1.54) is 0 Å². The van der Waals surface area contributed by atoms with Crippen LogP contribution in [0.15, 0.2) is 24.3 Å². The lowest BCUT2D eigenvalue weighted by molar-refractivity contribution is -0.148. The van der Waals surface area contributed by atoms with Gasteiger partial charge in [-0.25, -0.2) is 0 Å². The first-order valence-corrected chi connectivity index (χ1v) is 5.79. The maximum absolute atomic E-state index is 11.0. The summed E-state index contributed by atoms with van der Waals surface area (Å²) in [6, 6.07) is 7.75. The Balaban J connectivity index is 2.79. The third-order valence-electron chi connectivity index (χ3n) is 2.71. The van der Waals surface area contributed by atoms with Crippen LogP contribution in [0.2, 0.25) is 0 Å². The molecule has 0 unspecified atom stereocenters. The number of para-hydroxylation sites is 1. The zero-order valence-corrected chi connectivity index (χ0v) is 10.9. The molecule has 1 aromatic carbocycles. The summed E-state index contributed by atoms with van der Waals surface area (Å²) in [5.41, 5.74) is 0.234. The van der Waals surface area contributed by atoms with Gasteiger partial charge in [-0.2, -0.15) is 0 Å². The van der Waals surface area contributed by atoms with Crippen molar-refractivity contribution in [3.63, 3.8) is 0 Å². The van der Waals surface area contributed by atoms with Crippen molar-refractivity contribution < 1.29 is 14.6 Å². The minimum atomic E-state index is -0.871. The molecule has 0 aromatic heterocycles. The van der Waals surface area contributed by atoms with Gasteiger partial charge < -0.3 is 9.84 Å². The van der Waals surface area contributed by atoms with Gasteiger partial charge in [0.25, 0.3) is 0 Å². The van der Waals surface area contributed by atoms with Crippen molar-refractivity contribution in [3.05, 3.63) is 29.8 Å². The molecule has 17 heavy (non-hydrogen) atoms. The van der Waals surface area contributed by atoms with Crippen molar-refractivity contribution in [2.24, 2.45) is 5.41 Å². The van der Waals surface area contributed by atoms with E-state index < -0.39 is 11.4 Å². The molecule has 0 saturated carbocycles. The average Bonchev–Trinajstić information content (AvgIpc) is 2.26. The lowest BCUT2D eigenvalue weighted by Crippen LogP contribution is -2.30. The summed E-state index contributed by atoms with van der Waals surface area (Å²) in [5.74, 6) is 0.287. The quantitative estimate of drug-likeness (QED) is 0.853. The summed E-state index contributed by atoms with van der Waals surface area (Å²) in [7, 11) is 0. The molecular formula is C14H20O3. The molecule has 0 saturated heterocycles. The third-order valence-corrected chi connectivity index (χ3v) is 2.71. The molecule has 0 fully saturated rings. The second-order valence-corrected chi connectivity index (χ2v) is 5.17. The van der Waals surface area contributed by atoms with E-state index >= 15 is 0 Å².